The van der Waals surface area contributed by atoms with E-state index in [0.717, 1.165) is 42.9 Å². The van der Waals surface area contributed by atoms with Gasteiger partial charge in [-0.25, -0.2) is 4.98 Å². The van der Waals surface area contributed by atoms with Gasteiger partial charge in [-0.1, -0.05) is 12.1 Å². The van der Waals surface area contributed by atoms with Gasteiger partial charge in [-0.3, -0.25) is 0 Å². The molecule has 0 radical (unpaired) electrons. The van der Waals surface area contributed by atoms with Gasteiger partial charge in [0.25, 0.3) is 0 Å². The van der Waals surface area contributed by atoms with Crippen LogP contribution in [0.1, 0.15) is 24.5 Å². The summed E-state index contributed by atoms with van der Waals surface area (Å²) in [4.78, 5) is 8.57. The molecular formula is C15H19N5O. The van der Waals surface area contributed by atoms with E-state index in [1.165, 1.54) is 0 Å². The number of rotatable bonds is 2. The first kappa shape index (κ1) is 13.6. The summed E-state index contributed by atoms with van der Waals surface area (Å²) in [6.45, 7) is 1.46. The lowest BCUT2D eigenvalue weighted by Gasteiger charge is -2.24. The highest BCUT2D eigenvalue weighted by Gasteiger charge is 2.23. The first-order valence-electron chi connectivity index (χ1n) is 7.01. The number of nitrogens with zero attached hydrogens (tertiary/aromatic N) is 2. The Morgan fingerprint density at radius 1 is 0.952 bits per heavy atom. The Labute approximate surface area is 123 Å². The van der Waals surface area contributed by atoms with Crippen LogP contribution in [0.2, 0.25) is 0 Å². The van der Waals surface area contributed by atoms with Crippen molar-refractivity contribution < 1.29 is 4.74 Å². The fourth-order valence-corrected chi connectivity index (χ4v) is 2.73. The van der Waals surface area contributed by atoms with Gasteiger partial charge < -0.3 is 21.9 Å². The summed E-state index contributed by atoms with van der Waals surface area (Å²) >= 11 is 0. The van der Waals surface area contributed by atoms with Gasteiger partial charge in [0.05, 0.1) is 5.69 Å². The van der Waals surface area contributed by atoms with Crippen LogP contribution in [0, 0.1) is 0 Å². The molecule has 0 atom stereocenters. The fraction of sp³-hybridized carbons (Fsp3) is 0.333. The summed E-state index contributed by atoms with van der Waals surface area (Å²) in [7, 11) is 0. The summed E-state index contributed by atoms with van der Waals surface area (Å²) in [6, 6.07) is 7.56. The topological polar surface area (TPSA) is 113 Å². The Morgan fingerprint density at radius 2 is 1.62 bits per heavy atom. The van der Waals surface area contributed by atoms with Gasteiger partial charge in [-0.15, -0.1) is 0 Å². The highest BCUT2D eigenvalue weighted by atomic mass is 16.5. The van der Waals surface area contributed by atoms with Crippen LogP contribution in [0.25, 0.3) is 11.1 Å². The van der Waals surface area contributed by atoms with Crippen LogP contribution in [0.5, 0.6) is 0 Å². The zero-order valence-corrected chi connectivity index (χ0v) is 11.7. The average molecular weight is 285 g/mol. The van der Waals surface area contributed by atoms with Crippen molar-refractivity contribution in [1.82, 2.24) is 9.97 Å². The molecule has 1 aliphatic rings. The maximum Gasteiger partial charge on any atom is 0.222 e. The zero-order valence-electron chi connectivity index (χ0n) is 11.7. The molecule has 0 aliphatic carbocycles. The quantitative estimate of drug-likeness (QED) is 0.725. The minimum atomic E-state index is 0.216. The molecule has 1 aromatic carbocycles. The number of ether oxygens (including phenoxy) is 1. The molecule has 1 aliphatic heterocycles. The van der Waals surface area contributed by atoms with E-state index >= 15 is 0 Å². The second kappa shape index (κ2) is 5.57. The molecular weight excluding hydrogens is 266 g/mol. The van der Waals surface area contributed by atoms with Gasteiger partial charge in [0.2, 0.25) is 5.95 Å². The van der Waals surface area contributed by atoms with Crippen LogP contribution < -0.4 is 17.2 Å². The lowest BCUT2D eigenvalue weighted by molar-refractivity contribution is 0.0846. The lowest BCUT2D eigenvalue weighted by atomic mass is 9.90. The van der Waals surface area contributed by atoms with Crippen LogP contribution >= 0.6 is 0 Å². The molecule has 0 spiro atoms. The Balaban J connectivity index is 2.11. The summed E-state index contributed by atoms with van der Waals surface area (Å²) < 4.78 is 5.42. The number of hydrogen-bond acceptors (Lipinski definition) is 6. The van der Waals surface area contributed by atoms with E-state index in [1.807, 2.05) is 24.3 Å². The highest BCUT2D eigenvalue weighted by Crippen LogP contribution is 2.36. The molecule has 6 heteroatoms. The van der Waals surface area contributed by atoms with Crippen molar-refractivity contribution >= 4 is 17.5 Å². The number of benzene rings is 1. The molecule has 2 aromatic rings. The van der Waals surface area contributed by atoms with Gasteiger partial charge in [-0.2, -0.15) is 4.98 Å². The maximum absolute atomic E-state index is 6.11. The summed E-state index contributed by atoms with van der Waals surface area (Å²) in [5.74, 6) is 0.917. The Bertz CT molecular complexity index is 635. The normalized spacial score (nSPS) is 16.0. The van der Waals surface area contributed by atoms with E-state index in [0.29, 0.717) is 17.4 Å². The molecule has 0 bridgehead atoms. The predicted molar refractivity (Wildman–Crippen MR) is 83.5 cm³/mol. The smallest absolute Gasteiger partial charge is 0.222 e. The molecule has 6 nitrogen and oxygen atoms in total. The third-order valence-corrected chi connectivity index (χ3v) is 3.79. The van der Waals surface area contributed by atoms with E-state index in [2.05, 4.69) is 9.97 Å². The Hall–Kier alpha value is -2.34. The molecule has 2 heterocycles. The molecule has 110 valence electrons. The van der Waals surface area contributed by atoms with Gasteiger partial charge in [0, 0.05) is 30.4 Å². The first-order valence-corrected chi connectivity index (χ1v) is 7.01. The van der Waals surface area contributed by atoms with Crippen molar-refractivity contribution in [3.05, 3.63) is 30.0 Å². The standard InChI is InChI=1S/C15H19N5O/c16-11-3-1-9(2-4-11)12-13(10-5-7-21-8-6-10)19-15(18)20-14(12)17/h1-4,10H,5-8,16H2,(H4,17,18,19,20). The van der Waals surface area contributed by atoms with Gasteiger partial charge in [0.1, 0.15) is 5.82 Å². The summed E-state index contributed by atoms with van der Waals surface area (Å²) in [5.41, 5.74) is 21.1. The monoisotopic (exact) mass is 285 g/mol. The molecule has 0 amide bonds. The minimum Gasteiger partial charge on any atom is -0.399 e. The summed E-state index contributed by atoms with van der Waals surface area (Å²) in [6.07, 6.45) is 1.83. The fourth-order valence-electron chi connectivity index (χ4n) is 2.73. The van der Waals surface area contributed by atoms with Gasteiger partial charge in [-0.05, 0) is 30.5 Å². The van der Waals surface area contributed by atoms with E-state index in [4.69, 9.17) is 21.9 Å². The molecule has 0 unspecified atom stereocenters. The number of nitrogen functional groups attached to an aromatic ring is 3. The van der Waals surface area contributed by atoms with E-state index < -0.39 is 0 Å². The van der Waals surface area contributed by atoms with Crippen LogP contribution in [0.15, 0.2) is 24.3 Å². The van der Waals surface area contributed by atoms with Gasteiger partial charge >= 0.3 is 0 Å². The van der Waals surface area contributed by atoms with Crippen molar-refractivity contribution in [2.45, 2.75) is 18.8 Å². The lowest BCUT2D eigenvalue weighted by Crippen LogP contribution is -2.18. The molecule has 1 saturated heterocycles. The van der Waals surface area contributed by atoms with Gasteiger partial charge in [0.15, 0.2) is 0 Å². The number of anilines is 3. The van der Waals surface area contributed by atoms with E-state index in [9.17, 15) is 0 Å². The third kappa shape index (κ3) is 2.75. The zero-order chi connectivity index (χ0) is 14.8. The molecule has 21 heavy (non-hydrogen) atoms. The molecule has 1 fully saturated rings. The molecule has 0 saturated carbocycles. The average Bonchev–Trinajstić information content (AvgIpc) is 2.49. The van der Waals surface area contributed by atoms with E-state index in [1.54, 1.807) is 0 Å². The molecule has 3 rings (SSSR count). The maximum atomic E-state index is 6.11. The van der Waals surface area contributed by atoms with Crippen LogP contribution in [0.3, 0.4) is 0 Å². The second-order valence-electron chi connectivity index (χ2n) is 5.24. The summed E-state index contributed by atoms with van der Waals surface area (Å²) in [5, 5.41) is 0. The Morgan fingerprint density at radius 3 is 2.29 bits per heavy atom. The van der Waals surface area contributed by atoms with Crippen molar-refractivity contribution in [3.8, 4) is 11.1 Å². The highest BCUT2D eigenvalue weighted by molar-refractivity contribution is 5.78. The van der Waals surface area contributed by atoms with Crippen LogP contribution in [-0.2, 0) is 4.74 Å². The van der Waals surface area contributed by atoms with E-state index in [-0.39, 0.29) is 5.95 Å². The number of hydrogen-bond donors (Lipinski definition) is 3. The third-order valence-electron chi connectivity index (χ3n) is 3.79. The molecule has 1 aromatic heterocycles. The van der Waals surface area contributed by atoms with Crippen molar-refractivity contribution in [3.63, 3.8) is 0 Å². The minimum absolute atomic E-state index is 0.216. The Kier molecular flexibility index (Phi) is 3.62. The number of nitrogens with two attached hydrogens (primary N) is 3. The van der Waals surface area contributed by atoms with Crippen molar-refractivity contribution in [1.29, 1.82) is 0 Å². The van der Waals surface area contributed by atoms with Crippen LogP contribution in [-0.4, -0.2) is 23.2 Å². The SMILES string of the molecule is Nc1ccc(-c2c(N)nc(N)nc2C2CCOCC2)cc1. The predicted octanol–water partition coefficient (Wildman–Crippen LogP) is 1.78. The van der Waals surface area contributed by atoms with Crippen molar-refractivity contribution in [2.24, 2.45) is 0 Å². The van der Waals surface area contributed by atoms with Crippen molar-refractivity contribution in [2.75, 3.05) is 30.4 Å². The second-order valence-corrected chi connectivity index (χ2v) is 5.24. The largest absolute Gasteiger partial charge is 0.399 e. The number of aromatic nitrogens is 2. The van der Waals surface area contributed by atoms with Crippen LogP contribution in [0.4, 0.5) is 17.5 Å². The first-order chi connectivity index (χ1) is 10.1. The molecule has 6 N–H and O–H groups in total.